The molecular weight excluding hydrogens is 318 g/mol. The molecule has 0 aliphatic heterocycles. The van der Waals surface area contributed by atoms with Crippen LogP contribution >= 0.6 is 0 Å². The van der Waals surface area contributed by atoms with Gasteiger partial charge in [-0.15, -0.1) is 0 Å². The van der Waals surface area contributed by atoms with Gasteiger partial charge < -0.3 is 19.5 Å². The van der Waals surface area contributed by atoms with Gasteiger partial charge in [0.15, 0.2) is 6.10 Å². The Morgan fingerprint density at radius 3 is 2.32 bits per heavy atom. The van der Waals surface area contributed by atoms with E-state index in [1.807, 2.05) is 49.4 Å². The van der Waals surface area contributed by atoms with Crippen LogP contribution in [0.15, 0.2) is 48.5 Å². The molecule has 5 heteroatoms. The molecule has 0 saturated heterocycles. The van der Waals surface area contributed by atoms with Crippen molar-refractivity contribution in [1.82, 2.24) is 5.32 Å². The molecule has 0 saturated carbocycles. The van der Waals surface area contributed by atoms with Crippen LogP contribution in [0.25, 0.3) is 0 Å². The number of hydrogen-bond donors (Lipinski definition) is 1. The highest BCUT2D eigenvalue weighted by atomic mass is 16.5. The molecule has 0 spiro atoms. The van der Waals surface area contributed by atoms with Gasteiger partial charge in [0.05, 0.1) is 14.2 Å². The van der Waals surface area contributed by atoms with E-state index in [1.165, 1.54) is 0 Å². The Balaban J connectivity index is 1.84. The summed E-state index contributed by atoms with van der Waals surface area (Å²) >= 11 is 0. The molecule has 0 heterocycles. The first-order valence-corrected chi connectivity index (χ1v) is 8.37. The lowest BCUT2D eigenvalue weighted by atomic mass is 10.1. The summed E-state index contributed by atoms with van der Waals surface area (Å²) in [4.78, 5) is 12.3. The molecule has 5 nitrogen and oxygen atoms in total. The molecule has 0 fully saturated rings. The number of carbonyl (C=O) groups is 1. The Labute approximate surface area is 148 Å². The smallest absolute Gasteiger partial charge is 0.261 e. The van der Waals surface area contributed by atoms with Crippen molar-refractivity contribution in [3.63, 3.8) is 0 Å². The minimum Gasteiger partial charge on any atom is -0.497 e. The van der Waals surface area contributed by atoms with Crippen LogP contribution in [0.2, 0.25) is 0 Å². The van der Waals surface area contributed by atoms with E-state index < -0.39 is 6.10 Å². The minimum absolute atomic E-state index is 0.112. The molecule has 25 heavy (non-hydrogen) atoms. The third-order valence-electron chi connectivity index (χ3n) is 3.85. The van der Waals surface area contributed by atoms with Crippen LogP contribution in [-0.2, 0) is 11.2 Å². The summed E-state index contributed by atoms with van der Waals surface area (Å²) in [6.45, 7) is 2.48. The van der Waals surface area contributed by atoms with E-state index in [9.17, 15) is 4.79 Å². The predicted molar refractivity (Wildman–Crippen MR) is 97.4 cm³/mol. The van der Waals surface area contributed by atoms with Crippen LogP contribution in [0.5, 0.6) is 17.2 Å². The van der Waals surface area contributed by atoms with E-state index >= 15 is 0 Å². The topological polar surface area (TPSA) is 56.8 Å². The van der Waals surface area contributed by atoms with Crippen LogP contribution in [0.3, 0.4) is 0 Å². The highest BCUT2D eigenvalue weighted by molar-refractivity contribution is 5.81. The standard InChI is InChI=1S/C20H25NO4/c1-4-19(25-18-7-5-6-17(14-18)24-3)20(22)21-13-12-15-8-10-16(23-2)11-9-15/h5-11,14,19H,4,12-13H2,1-3H3,(H,21,22)/t19-/m0/s1. The number of hydrogen-bond acceptors (Lipinski definition) is 4. The molecule has 2 aromatic rings. The van der Waals surface area contributed by atoms with E-state index in [1.54, 1.807) is 20.3 Å². The average molecular weight is 343 g/mol. The van der Waals surface area contributed by atoms with Gasteiger partial charge in [0.25, 0.3) is 5.91 Å². The summed E-state index contributed by atoms with van der Waals surface area (Å²) in [6.07, 6.45) is 0.819. The van der Waals surface area contributed by atoms with Crippen molar-refractivity contribution in [2.45, 2.75) is 25.9 Å². The van der Waals surface area contributed by atoms with Gasteiger partial charge >= 0.3 is 0 Å². The van der Waals surface area contributed by atoms with E-state index in [2.05, 4.69) is 5.32 Å². The molecule has 0 aliphatic carbocycles. The Morgan fingerprint density at radius 2 is 1.68 bits per heavy atom. The van der Waals surface area contributed by atoms with Crippen molar-refractivity contribution >= 4 is 5.91 Å². The van der Waals surface area contributed by atoms with Gasteiger partial charge in [-0.1, -0.05) is 25.1 Å². The lowest BCUT2D eigenvalue weighted by Crippen LogP contribution is -2.38. The zero-order valence-corrected chi connectivity index (χ0v) is 15.0. The number of amides is 1. The number of benzene rings is 2. The largest absolute Gasteiger partial charge is 0.497 e. The van der Waals surface area contributed by atoms with Crippen molar-refractivity contribution in [3.8, 4) is 17.2 Å². The quantitative estimate of drug-likeness (QED) is 0.759. The molecule has 2 aromatic carbocycles. The SMILES string of the molecule is CC[C@H](Oc1cccc(OC)c1)C(=O)NCCc1ccc(OC)cc1. The third-order valence-corrected chi connectivity index (χ3v) is 3.85. The Bertz CT molecular complexity index is 670. The maximum absolute atomic E-state index is 12.3. The molecule has 0 bridgehead atoms. The molecular formula is C20H25NO4. The Kier molecular flexibility index (Phi) is 7.14. The van der Waals surface area contributed by atoms with Crippen molar-refractivity contribution in [3.05, 3.63) is 54.1 Å². The lowest BCUT2D eigenvalue weighted by Gasteiger charge is -2.17. The molecule has 0 aliphatic rings. The summed E-state index contributed by atoms with van der Waals surface area (Å²) < 4.78 is 16.1. The first kappa shape index (κ1) is 18.6. The van der Waals surface area contributed by atoms with Crippen molar-refractivity contribution in [2.75, 3.05) is 20.8 Å². The minimum atomic E-state index is -0.525. The second-order valence-corrected chi connectivity index (χ2v) is 5.58. The summed E-state index contributed by atoms with van der Waals surface area (Å²) in [5.74, 6) is 2.04. The van der Waals surface area contributed by atoms with Gasteiger partial charge in [-0.25, -0.2) is 0 Å². The fourth-order valence-electron chi connectivity index (χ4n) is 2.40. The second kappa shape index (κ2) is 9.57. The van der Waals surface area contributed by atoms with Crippen LogP contribution in [0.4, 0.5) is 0 Å². The van der Waals surface area contributed by atoms with E-state index in [0.717, 1.165) is 17.7 Å². The van der Waals surface area contributed by atoms with Crippen molar-refractivity contribution in [1.29, 1.82) is 0 Å². The number of methoxy groups -OCH3 is 2. The van der Waals surface area contributed by atoms with Gasteiger partial charge in [0, 0.05) is 12.6 Å². The van der Waals surface area contributed by atoms with Gasteiger partial charge in [0.2, 0.25) is 0 Å². The van der Waals surface area contributed by atoms with Crippen LogP contribution in [0.1, 0.15) is 18.9 Å². The summed E-state index contributed by atoms with van der Waals surface area (Å²) in [5, 5.41) is 2.93. The first-order chi connectivity index (χ1) is 12.2. The monoisotopic (exact) mass is 343 g/mol. The van der Waals surface area contributed by atoms with E-state index in [0.29, 0.717) is 24.5 Å². The summed E-state index contributed by atoms with van der Waals surface area (Å²) in [5.41, 5.74) is 1.14. The third kappa shape index (κ3) is 5.71. The van der Waals surface area contributed by atoms with Gasteiger partial charge in [-0.05, 0) is 42.7 Å². The number of rotatable bonds is 9. The van der Waals surface area contributed by atoms with Gasteiger partial charge in [-0.2, -0.15) is 0 Å². The van der Waals surface area contributed by atoms with Crippen LogP contribution in [-0.4, -0.2) is 32.8 Å². The number of nitrogens with one attached hydrogen (secondary N) is 1. The number of ether oxygens (including phenoxy) is 3. The zero-order chi connectivity index (χ0) is 18.1. The fourth-order valence-corrected chi connectivity index (χ4v) is 2.40. The van der Waals surface area contributed by atoms with Crippen molar-refractivity contribution < 1.29 is 19.0 Å². The normalized spacial score (nSPS) is 11.5. The molecule has 2 rings (SSSR count). The van der Waals surface area contributed by atoms with Crippen molar-refractivity contribution in [2.24, 2.45) is 0 Å². The first-order valence-electron chi connectivity index (χ1n) is 8.37. The molecule has 134 valence electrons. The predicted octanol–water partition coefficient (Wildman–Crippen LogP) is 3.22. The molecule has 0 radical (unpaired) electrons. The highest BCUT2D eigenvalue weighted by Gasteiger charge is 2.18. The average Bonchev–Trinajstić information content (AvgIpc) is 2.66. The molecule has 1 atom stereocenters. The Morgan fingerprint density at radius 1 is 1.00 bits per heavy atom. The highest BCUT2D eigenvalue weighted by Crippen LogP contribution is 2.20. The molecule has 0 unspecified atom stereocenters. The fraction of sp³-hybridized carbons (Fsp3) is 0.350. The van der Waals surface area contributed by atoms with E-state index in [-0.39, 0.29) is 5.91 Å². The summed E-state index contributed by atoms with van der Waals surface area (Å²) in [7, 11) is 3.24. The Hall–Kier alpha value is -2.69. The maximum atomic E-state index is 12.3. The second-order valence-electron chi connectivity index (χ2n) is 5.58. The number of carbonyl (C=O) groups excluding carboxylic acids is 1. The van der Waals surface area contributed by atoms with E-state index in [4.69, 9.17) is 14.2 Å². The molecule has 1 amide bonds. The summed E-state index contributed by atoms with van der Waals surface area (Å²) in [6, 6.07) is 15.1. The maximum Gasteiger partial charge on any atom is 0.261 e. The molecule has 0 aromatic heterocycles. The molecule has 1 N–H and O–H groups in total. The van der Waals surface area contributed by atoms with Crippen LogP contribution < -0.4 is 19.5 Å². The lowest BCUT2D eigenvalue weighted by molar-refractivity contribution is -0.128. The zero-order valence-electron chi connectivity index (χ0n) is 15.0. The van der Waals surface area contributed by atoms with Crippen LogP contribution in [0, 0.1) is 0 Å². The van der Waals surface area contributed by atoms with Gasteiger partial charge in [-0.3, -0.25) is 4.79 Å². The van der Waals surface area contributed by atoms with Gasteiger partial charge in [0.1, 0.15) is 17.2 Å².